The van der Waals surface area contributed by atoms with E-state index in [1.807, 2.05) is 18.2 Å². The number of fused-ring (bicyclic) bond motifs is 2. The molecule has 0 spiro atoms. The molecule has 2 heterocycles. The minimum atomic E-state index is 0.762. The molecule has 0 unspecified atom stereocenters. The molecule has 2 aromatic carbocycles. The molecule has 2 nitrogen and oxygen atoms in total. The highest BCUT2D eigenvalue weighted by molar-refractivity contribution is 6.30. The zero-order chi connectivity index (χ0) is 14.4. The summed E-state index contributed by atoms with van der Waals surface area (Å²) in [5.41, 5.74) is 4.72. The van der Waals surface area contributed by atoms with Gasteiger partial charge in [-0.15, -0.1) is 0 Å². The van der Waals surface area contributed by atoms with Gasteiger partial charge >= 0.3 is 0 Å². The van der Waals surface area contributed by atoms with Crippen molar-refractivity contribution in [3.05, 3.63) is 64.7 Å². The lowest BCUT2D eigenvalue weighted by atomic mass is 10.1. The van der Waals surface area contributed by atoms with Crippen molar-refractivity contribution in [1.29, 1.82) is 0 Å². The summed E-state index contributed by atoms with van der Waals surface area (Å²) in [4.78, 5) is 7.14. The van der Waals surface area contributed by atoms with E-state index in [2.05, 4.69) is 42.2 Å². The van der Waals surface area contributed by atoms with Crippen molar-refractivity contribution in [2.45, 2.75) is 13.3 Å². The number of benzene rings is 2. The van der Waals surface area contributed by atoms with Crippen LogP contribution >= 0.6 is 11.6 Å². The van der Waals surface area contributed by atoms with Gasteiger partial charge in [-0.2, -0.15) is 0 Å². The number of aromatic nitrogens is 1. The smallest absolute Gasteiger partial charge is 0.137 e. The number of anilines is 2. The van der Waals surface area contributed by atoms with E-state index in [0.29, 0.717) is 0 Å². The first-order chi connectivity index (χ1) is 10.2. The molecule has 0 amide bonds. The van der Waals surface area contributed by atoms with Crippen molar-refractivity contribution in [2.75, 3.05) is 11.4 Å². The van der Waals surface area contributed by atoms with E-state index >= 15 is 0 Å². The fourth-order valence-corrected chi connectivity index (χ4v) is 3.15. The van der Waals surface area contributed by atoms with Crippen LogP contribution in [0.25, 0.3) is 10.9 Å². The number of aryl methyl sites for hydroxylation is 1. The van der Waals surface area contributed by atoms with Crippen LogP contribution in [0.2, 0.25) is 5.02 Å². The molecule has 0 saturated heterocycles. The Balaban J connectivity index is 1.87. The molecule has 4 rings (SSSR count). The molecule has 1 aliphatic rings. The lowest BCUT2D eigenvalue weighted by Crippen LogP contribution is -2.14. The maximum atomic E-state index is 6.12. The molecule has 3 aromatic rings. The topological polar surface area (TPSA) is 16.1 Å². The Kier molecular flexibility index (Phi) is 2.86. The van der Waals surface area contributed by atoms with Crippen molar-refractivity contribution < 1.29 is 0 Å². The normalized spacial score (nSPS) is 13.7. The van der Waals surface area contributed by atoms with Crippen LogP contribution in [0.15, 0.2) is 48.5 Å². The molecule has 1 aliphatic heterocycles. The molecular weight excluding hydrogens is 280 g/mol. The van der Waals surface area contributed by atoms with Gasteiger partial charge in [0.15, 0.2) is 0 Å². The van der Waals surface area contributed by atoms with Crippen LogP contribution in [0.3, 0.4) is 0 Å². The fraction of sp³-hybridized carbons (Fsp3) is 0.167. The first kappa shape index (κ1) is 12.7. The summed E-state index contributed by atoms with van der Waals surface area (Å²) in [6, 6.07) is 16.7. The number of rotatable bonds is 1. The van der Waals surface area contributed by atoms with Crippen LogP contribution in [0, 0.1) is 6.92 Å². The predicted molar refractivity (Wildman–Crippen MR) is 88.6 cm³/mol. The first-order valence-electron chi connectivity index (χ1n) is 7.14. The highest BCUT2D eigenvalue weighted by Crippen LogP contribution is 2.35. The zero-order valence-corrected chi connectivity index (χ0v) is 12.6. The van der Waals surface area contributed by atoms with Gasteiger partial charge in [0.25, 0.3) is 0 Å². The number of nitrogens with zero attached hydrogens (tertiary/aromatic N) is 2. The molecule has 0 N–H and O–H groups in total. The Labute approximate surface area is 129 Å². The van der Waals surface area contributed by atoms with Gasteiger partial charge in [-0.25, -0.2) is 4.98 Å². The van der Waals surface area contributed by atoms with Crippen molar-refractivity contribution in [2.24, 2.45) is 0 Å². The maximum Gasteiger partial charge on any atom is 0.137 e. The van der Waals surface area contributed by atoms with Crippen LogP contribution in [-0.4, -0.2) is 11.5 Å². The zero-order valence-electron chi connectivity index (χ0n) is 11.8. The quantitative estimate of drug-likeness (QED) is 0.635. The minimum absolute atomic E-state index is 0.762. The lowest BCUT2D eigenvalue weighted by Gasteiger charge is -2.19. The van der Waals surface area contributed by atoms with Gasteiger partial charge in [-0.1, -0.05) is 29.8 Å². The molecule has 3 heteroatoms. The third-order valence-corrected chi connectivity index (χ3v) is 4.24. The van der Waals surface area contributed by atoms with Crippen molar-refractivity contribution in [3.8, 4) is 0 Å². The van der Waals surface area contributed by atoms with Gasteiger partial charge in [0.05, 0.1) is 5.52 Å². The third kappa shape index (κ3) is 2.16. The van der Waals surface area contributed by atoms with Crippen LogP contribution in [0.4, 0.5) is 11.5 Å². The van der Waals surface area contributed by atoms with E-state index in [1.165, 1.54) is 16.5 Å². The molecule has 0 saturated carbocycles. The summed E-state index contributed by atoms with van der Waals surface area (Å²) >= 11 is 6.12. The van der Waals surface area contributed by atoms with Gasteiger partial charge in [0.2, 0.25) is 0 Å². The second-order valence-corrected chi connectivity index (χ2v) is 5.99. The monoisotopic (exact) mass is 294 g/mol. The summed E-state index contributed by atoms with van der Waals surface area (Å²) in [5.74, 6) is 1.07. The Morgan fingerprint density at radius 2 is 2.00 bits per heavy atom. The molecule has 104 valence electrons. The summed E-state index contributed by atoms with van der Waals surface area (Å²) < 4.78 is 0. The molecule has 0 atom stereocenters. The van der Waals surface area contributed by atoms with Gasteiger partial charge in [-0.3, -0.25) is 0 Å². The standard InChI is InChI=1S/C18H15ClN2/c1-12-5-6-13-10-14-7-8-21(18(14)20-17(13)9-12)16-4-2-3-15(19)11-16/h2-6,9-11H,7-8H2,1H3. The maximum absolute atomic E-state index is 6.12. The largest absolute Gasteiger partial charge is 0.326 e. The predicted octanol–water partition coefficient (Wildman–Crippen LogP) is 4.89. The van der Waals surface area contributed by atoms with Gasteiger partial charge in [-0.05, 0) is 54.8 Å². The molecule has 21 heavy (non-hydrogen) atoms. The Bertz CT molecular complexity index is 842. The number of pyridine rings is 1. The Hall–Kier alpha value is -2.06. The molecular formula is C18H15ClN2. The van der Waals surface area contributed by atoms with E-state index in [0.717, 1.165) is 35.0 Å². The van der Waals surface area contributed by atoms with Gasteiger partial charge < -0.3 is 4.90 Å². The Morgan fingerprint density at radius 3 is 2.86 bits per heavy atom. The fourth-order valence-electron chi connectivity index (χ4n) is 2.96. The van der Waals surface area contributed by atoms with Gasteiger partial charge in [0.1, 0.15) is 5.82 Å². The molecule has 0 aliphatic carbocycles. The van der Waals surface area contributed by atoms with E-state index in [1.54, 1.807) is 0 Å². The van der Waals surface area contributed by atoms with Crippen molar-refractivity contribution >= 4 is 34.0 Å². The van der Waals surface area contributed by atoms with Crippen LogP contribution in [0.5, 0.6) is 0 Å². The summed E-state index contributed by atoms with van der Waals surface area (Å²) in [7, 11) is 0. The number of hydrogen-bond acceptors (Lipinski definition) is 2. The van der Waals surface area contributed by atoms with E-state index in [-0.39, 0.29) is 0 Å². The minimum Gasteiger partial charge on any atom is -0.326 e. The average Bonchev–Trinajstić information content (AvgIpc) is 2.87. The first-order valence-corrected chi connectivity index (χ1v) is 7.52. The highest BCUT2D eigenvalue weighted by Gasteiger charge is 2.22. The van der Waals surface area contributed by atoms with Crippen LogP contribution in [-0.2, 0) is 6.42 Å². The SMILES string of the molecule is Cc1ccc2cc3c(nc2c1)N(c1cccc(Cl)c1)CC3. The van der Waals surface area contributed by atoms with Crippen LogP contribution < -0.4 is 4.90 Å². The third-order valence-electron chi connectivity index (χ3n) is 4.01. The second kappa shape index (κ2) is 4.74. The molecule has 0 fully saturated rings. The Morgan fingerprint density at radius 1 is 1.10 bits per heavy atom. The van der Waals surface area contributed by atoms with Crippen LogP contribution in [0.1, 0.15) is 11.1 Å². The number of halogens is 1. The summed E-state index contributed by atoms with van der Waals surface area (Å²) in [6.45, 7) is 3.06. The lowest BCUT2D eigenvalue weighted by molar-refractivity contribution is 0.991. The number of hydrogen-bond donors (Lipinski definition) is 0. The van der Waals surface area contributed by atoms with Crippen molar-refractivity contribution in [1.82, 2.24) is 4.98 Å². The average molecular weight is 295 g/mol. The van der Waals surface area contributed by atoms with E-state index in [4.69, 9.17) is 16.6 Å². The second-order valence-electron chi connectivity index (χ2n) is 5.55. The highest BCUT2D eigenvalue weighted by atomic mass is 35.5. The van der Waals surface area contributed by atoms with E-state index < -0.39 is 0 Å². The molecule has 0 bridgehead atoms. The van der Waals surface area contributed by atoms with Gasteiger partial charge in [0, 0.05) is 22.6 Å². The summed E-state index contributed by atoms with van der Waals surface area (Å²) in [6.07, 6.45) is 1.03. The molecule has 0 radical (unpaired) electrons. The molecule has 1 aromatic heterocycles. The van der Waals surface area contributed by atoms with Crippen molar-refractivity contribution in [3.63, 3.8) is 0 Å². The summed E-state index contributed by atoms with van der Waals surface area (Å²) in [5, 5.41) is 1.98. The van der Waals surface area contributed by atoms with E-state index in [9.17, 15) is 0 Å².